The van der Waals surface area contributed by atoms with E-state index < -0.39 is 5.91 Å². The summed E-state index contributed by atoms with van der Waals surface area (Å²) in [6, 6.07) is 5.29. The third-order valence-electron chi connectivity index (χ3n) is 3.31. The van der Waals surface area contributed by atoms with Gasteiger partial charge in [-0.1, -0.05) is 12.1 Å². The van der Waals surface area contributed by atoms with E-state index in [2.05, 4.69) is 5.32 Å². The Labute approximate surface area is 116 Å². The topological polar surface area (TPSA) is 98.5 Å². The smallest absolute Gasteiger partial charge is 0.255 e. The first-order valence-electron chi connectivity index (χ1n) is 6.33. The second kappa shape index (κ2) is 5.73. The minimum absolute atomic E-state index is 0.209. The summed E-state index contributed by atoms with van der Waals surface area (Å²) in [6.45, 7) is 1.61. The molecule has 1 heterocycles. The van der Waals surface area contributed by atoms with Gasteiger partial charge < -0.3 is 10.5 Å². The third kappa shape index (κ3) is 2.96. The van der Waals surface area contributed by atoms with Crippen molar-refractivity contribution in [3.05, 3.63) is 29.3 Å². The van der Waals surface area contributed by atoms with Crippen LogP contribution in [0.3, 0.4) is 0 Å². The van der Waals surface area contributed by atoms with Crippen LogP contribution in [0.25, 0.3) is 0 Å². The number of amides is 3. The van der Waals surface area contributed by atoms with Gasteiger partial charge in [0, 0.05) is 6.42 Å². The normalized spacial score (nSPS) is 18.6. The first kappa shape index (κ1) is 14.0. The molecule has 0 saturated carbocycles. The molecule has 2 rings (SSSR count). The molecule has 3 amide bonds. The number of benzene rings is 1. The highest BCUT2D eigenvalue weighted by atomic mass is 16.5. The molecular formula is C14H16N2O4. The lowest BCUT2D eigenvalue weighted by molar-refractivity contribution is -0.134. The molecule has 1 fully saturated rings. The Morgan fingerprint density at radius 1 is 1.45 bits per heavy atom. The summed E-state index contributed by atoms with van der Waals surface area (Å²) >= 11 is 0. The fourth-order valence-corrected chi connectivity index (χ4v) is 2.30. The van der Waals surface area contributed by atoms with Crippen molar-refractivity contribution in [2.75, 3.05) is 6.61 Å². The van der Waals surface area contributed by atoms with E-state index in [1.165, 1.54) is 0 Å². The zero-order valence-corrected chi connectivity index (χ0v) is 11.1. The second-order valence-corrected chi connectivity index (χ2v) is 4.73. The van der Waals surface area contributed by atoms with Crippen LogP contribution in [0.15, 0.2) is 18.2 Å². The Hall–Kier alpha value is -2.37. The van der Waals surface area contributed by atoms with Gasteiger partial charge in [0.25, 0.3) is 5.91 Å². The van der Waals surface area contributed by atoms with Crippen LogP contribution in [0.5, 0.6) is 5.75 Å². The van der Waals surface area contributed by atoms with Crippen molar-refractivity contribution >= 4 is 17.7 Å². The molecule has 0 aliphatic carbocycles. The summed E-state index contributed by atoms with van der Waals surface area (Å²) in [7, 11) is 0. The van der Waals surface area contributed by atoms with E-state index in [9.17, 15) is 14.4 Å². The summed E-state index contributed by atoms with van der Waals surface area (Å²) < 4.78 is 5.31. The predicted octanol–water partition coefficient (Wildman–Crippen LogP) is 0.379. The molecule has 1 aromatic carbocycles. The first-order valence-corrected chi connectivity index (χ1v) is 6.33. The van der Waals surface area contributed by atoms with Crippen molar-refractivity contribution in [1.82, 2.24) is 5.32 Å². The lowest BCUT2D eigenvalue weighted by Gasteiger charge is -2.23. The first-order chi connectivity index (χ1) is 9.49. The Bertz CT molecular complexity index is 568. The van der Waals surface area contributed by atoms with Crippen molar-refractivity contribution in [2.45, 2.75) is 25.7 Å². The molecule has 3 N–H and O–H groups in total. The lowest BCUT2D eigenvalue weighted by Crippen LogP contribution is -2.39. The summed E-state index contributed by atoms with van der Waals surface area (Å²) in [5.74, 6) is -0.951. The summed E-state index contributed by atoms with van der Waals surface area (Å²) in [5.41, 5.74) is 6.63. The molecule has 0 radical (unpaired) electrons. The van der Waals surface area contributed by atoms with Crippen LogP contribution in [0.2, 0.25) is 0 Å². The van der Waals surface area contributed by atoms with Gasteiger partial charge in [-0.3, -0.25) is 19.7 Å². The Morgan fingerprint density at radius 2 is 2.20 bits per heavy atom. The molecule has 6 heteroatoms. The average Bonchev–Trinajstić information content (AvgIpc) is 2.38. The van der Waals surface area contributed by atoms with E-state index in [4.69, 9.17) is 10.5 Å². The van der Waals surface area contributed by atoms with Crippen molar-refractivity contribution in [3.63, 3.8) is 0 Å². The quantitative estimate of drug-likeness (QED) is 0.777. The van der Waals surface area contributed by atoms with Crippen LogP contribution in [-0.4, -0.2) is 24.3 Å². The van der Waals surface area contributed by atoms with Crippen molar-refractivity contribution in [1.29, 1.82) is 0 Å². The number of nitrogens with two attached hydrogens (primary N) is 1. The van der Waals surface area contributed by atoms with Gasteiger partial charge in [-0.05, 0) is 30.5 Å². The minimum atomic E-state index is -0.559. The van der Waals surface area contributed by atoms with Crippen LogP contribution in [-0.2, 0) is 14.4 Å². The van der Waals surface area contributed by atoms with Crippen LogP contribution >= 0.6 is 0 Å². The van der Waals surface area contributed by atoms with Gasteiger partial charge >= 0.3 is 0 Å². The van der Waals surface area contributed by atoms with Gasteiger partial charge in [0.15, 0.2) is 6.61 Å². The Kier molecular flexibility index (Phi) is 4.02. The van der Waals surface area contributed by atoms with E-state index in [1.807, 2.05) is 13.0 Å². The fourth-order valence-electron chi connectivity index (χ4n) is 2.30. The van der Waals surface area contributed by atoms with E-state index in [0.717, 1.165) is 11.1 Å². The zero-order chi connectivity index (χ0) is 14.7. The number of imide groups is 1. The highest BCUT2D eigenvalue weighted by Crippen LogP contribution is 2.31. The number of hydrogen-bond donors (Lipinski definition) is 2. The van der Waals surface area contributed by atoms with E-state index in [-0.39, 0.29) is 24.3 Å². The fraction of sp³-hybridized carbons (Fsp3) is 0.357. The number of carbonyl (C=O) groups is 3. The van der Waals surface area contributed by atoms with Gasteiger partial charge in [-0.25, -0.2) is 0 Å². The van der Waals surface area contributed by atoms with Crippen LogP contribution in [0.4, 0.5) is 0 Å². The molecule has 0 bridgehead atoms. The van der Waals surface area contributed by atoms with Gasteiger partial charge in [0.2, 0.25) is 11.8 Å². The number of hydrogen-bond acceptors (Lipinski definition) is 4. The molecule has 20 heavy (non-hydrogen) atoms. The van der Waals surface area contributed by atoms with E-state index in [0.29, 0.717) is 18.6 Å². The summed E-state index contributed by atoms with van der Waals surface area (Å²) in [6.07, 6.45) is 0.799. The van der Waals surface area contributed by atoms with Crippen molar-refractivity contribution in [3.8, 4) is 5.75 Å². The van der Waals surface area contributed by atoms with Gasteiger partial charge in [0.05, 0.1) is 5.92 Å². The molecule has 1 unspecified atom stereocenters. The second-order valence-electron chi connectivity index (χ2n) is 4.73. The number of rotatable bonds is 4. The van der Waals surface area contributed by atoms with Crippen molar-refractivity contribution in [2.24, 2.45) is 5.73 Å². The lowest BCUT2D eigenvalue weighted by atomic mass is 9.87. The third-order valence-corrected chi connectivity index (χ3v) is 3.31. The van der Waals surface area contributed by atoms with Crippen LogP contribution in [0.1, 0.15) is 29.9 Å². The summed E-state index contributed by atoms with van der Waals surface area (Å²) in [5, 5.41) is 2.33. The molecule has 1 aliphatic rings. The molecule has 1 atom stereocenters. The zero-order valence-electron chi connectivity index (χ0n) is 11.1. The number of primary amides is 1. The van der Waals surface area contributed by atoms with Crippen molar-refractivity contribution < 1.29 is 19.1 Å². The highest BCUT2D eigenvalue weighted by Gasteiger charge is 2.29. The predicted molar refractivity (Wildman–Crippen MR) is 71.0 cm³/mol. The van der Waals surface area contributed by atoms with E-state index in [1.54, 1.807) is 12.1 Å². The summed E-state index contributed by atoms with van der Waals surface area (Å²) in [4.78, 5) is 33.8. The molecule has 1 aliphatic heterocycles. The van der Waals surface area contributed by atoms with Gasteiger partial charge in [0.1, 0.15) is 5.75 Å². The minimum Gasteiger partial charge on any atom is -0.484 e. The molecular weight excluding hydrogens is 260 g/mol. The maximum Gasteiger partial charge on any atom is 0.255 e. The van der Waals surface area contributed by atoms with Gasteiger partial charge in [-0.2, -0.15) is 0 Å². The number of ether oxygens (including phenoxy) is 1. The number of carbonyl (C=O) groups excluding carboxylic acids is 3. The molecule has 0 spiro atoms. The standard InChI is InChI=1S/C14H16N2O4/c1-8-9(10-5-6-13(18)16-14(10)19)3-2-4-11(8)20-7-12(15)17/h2-4,10H,5-7H2,1H3,(H2,15,17)(H,16,18,19). The highest BCUT2D eigenvalue weighted by molar-refractivity contribution is 6.01. The molecule has 1 saturated heterocycles. The van der Waals surface area contributed by atoms with Crippen LogP contribution < -0.4 is 15.8 Å². The number of piperidine rings is 1. The SMILES string of the molecule is Cc1c(OCC(N)=O)cccc1C1CCC(=O)NC1=O. The molecule has 106 valence electrons. The maximum absolute atomic E-state index is 11.9. The van der Waals surface area contributed by atoms with Crippen LogP contribution in [0, 0.1) is 6.92 Å². The Morgan fingerprint density at radius 3 is 2.85 bits per heavy atom. The molecule has 1 aromatic rings. The largest absolute Gasteiger partial charge is 0.484 e. The molecule has 0 aromatic heterocycles. The maximum atomic E-state index is 11.9. The monoisotopic (exact) mass is 276 g/mol. The Balaban J connectivity index is 2.24. The average molecular weight is 276 g/mol. The van der Waals surface area contributed by atoms with Gasteiger partial charge in [-0.15, -0.1) is 0 Å². The van der Waals surface area contributed by atoms with E-state index >= 15 is 0 Å². The molecule has 6 nitrogen and oxygen atoms in total. The number of nitrogens with one attached hydrogen (secondary N) is 1.